The van der Waals surface area contributed by atoms with Gasteiger partial charge in [-0.3, -0.25) is 0 Å². The topological polar surface area (TPSA) is 46.2 Å². The zero-order chi connectivity index (χ0) is 14.4. The lowest BCUT2D eigenvalue weighted by molar-refractivity contribution is 0.480. The smallest absolute Gasteiger partial charge is 0.215 e. The van der Waals surface area contributed by atoms with Crippen molar-refractivity contribution >= 4 is 10.0 Å². The fourth-order valence-electron chi connectivity index (χ4n) is 2.81. The molecule has 0 spiro atoms. The van der Waals surface area contributed by atoms with E-state index >= 15 is 0 Å². The van der Waals surface area contributed by atoms with Gasteiger partial charge in [0.05, 0.1) is 5.75 Å². The van der Waals surface area contributed by atoms with Crippen LogP contribution in [0.1, 0.15) is 44.1 Å². The molecule has 3 nitrogen and oxygen atoms in total. The minimum atomic E-state index is -3.36. The van der Waals surface area contributed by atoms with E-state index in [1.165, 1.54) is 43.9 Å². The van der Waals surface area contributed by atoms with Crippen molar-refractivity contribution < 1.29 is 12.8 Å². The van der Waals surface area contributed by atoms with Gasteiger partial charge >= 0.3 is 0 Å². The largest absolute Gasteiger partial charge is 0.215 e. The minimum absolute atomic E-state index is 0.159. The molecule has 0 atom stereocenters. The summed E-state index contributed by atoms with van der Waals surface area (Å²) >= 11 is 0. The SMILES string of the molecule is O=S(=O)(Cc1cccc(F)c1)NCCCC1CCCC1. The maximum atomic E-state index is 13.0. The summed E-state index contributed by atoms with van der Waals surface area (Å²) in [6, 6.07) is 5.73. The van der Waals surface area contributed by atoms with Crippen LogP contribution in [0.5, 0.6) is 0 Å². The van der Waals surface area contributed by atoms with Crippen molar-refractivity contribution in [2.75, 3.05) is 6.54 Å². The highest BCUT2D eigenvalue weighted by atomic mass is 32.2. The summed E-state index contributed by atoms with van der Waals surface area (Å²) in [4.78, 5) is 0. The Morgan fingerprint density at radius 3 is 2.70 bits per heavy atom. The highest BCUT2D eigenvalue weighted by Gasteiger charge is 2.15. The van der Waals surface area contributed by atoms with E-state index in [9.17, 15) is 12.8 Å². The molecule has 0 aromatic heterocycles. The second-order valence-corrected chi connectivity index (χ2v) is 7.38. The molecule has 1 fully saturated rings. The van der Waals surface area contributed by atoms with Gasteiger partial charge in [-0.2, -0.15) is 0 Å². The van der Waals surface area contributed by atoms with Gasteiger partial charge in [-0.1, -0.05) is 37.8 Å². The van der Waals surface area contributed by atoms with Gasteiger partial charge in [-0.25, -0.2) is 17.5 Å². The third-order valence-electron chi connectivity index (χ3n) is 3.83. The quantitative estimate of drug-likeness (QED) is 0.786. The van der Waals surface area contributed by atoms with Crippen molar-refractivity contribution in [2.45, 2.75) is 44.3 Å². The van der Waals surface area contributed by atoms with Crippen LogP contribution in [0.4, 0.5) is 4.39 Å². The van der Waals surface area contributed by atoms with E-state index in [2.05, 4.69) is 4.72 Å². The van der Waals surface area contributed by atoms with Gasteiger partial charge in [0.1, 0.15) is 5.82 Å². The summed E-state index contributed by atoms with van der Waals surface area (Å²) in [5.41, 5.74) is 0.480. The molecule has 5 heteroatoms. The Labute approximate surface area is 120 Å². The van der Waals surface area contributed by atoms with E-state index in [1.807, 2.05) is 0 Å². The van der Waals surface area contributed by atoms with Crippen LogP contribution in [0.3, 0.4) is 0 Å². The van der Waals surface area contributed by atoms with Crippen LogP contribution in [-0.2, 0) is 15.8 Å². The second-order valence-electron chi connectivity index (χ2n) is 5.58. The summed E-state index contributed by atoms with van der Waals surface area (Å²) < 4.78 is 39.4. The third-order valence-corrected chi connectivity index (χ3v) is 5.19. The van der Waals surface area contributed by atoms with Crippen LogP contribution >= 0.6 is 0 Å². The minimum Gasteiger partial charge on any atom is -0.215 e. The molecule has 1 saturated carbocycles. The Morgan fingerprint density at radius 2 is 2.00 bits per heavy atom. The summed E-state index contributed by atoms with van der Waals surface area (Å²) in [5, 5.41) is 0. The molecule has 0 unspecified atom stereocenters. The number of sulfonamides is 1. The van der Waals surface area contributed by atoms with Crippen molar-refractivity contribution in [1.29, 1.82) is 0 Å². The summed E-state index contributed by atoms with van der Waals surface area (Å²) in [6.07, 6.45) is 7.19. The first-order valence-electron chi connectivity index (χ1n) is 7.27. The predicted molar refractivity (Wildman–Crippen MR) is 78.2 cm³/mol. The number of hydrogen-bond donors (Lipinski definition) is 1. The first-order chi connectivity index (χ1) is 9.55. The normalized spacial score (nSPS) is 16.6. The molecule has 0 bridgehead atoms. The second kappa shape index (κ2) is 7.18. The molecule has 20 heavy (non-hydrogen) atoms. The van der Waals surface area contributed by atoms with Crippen LogP contribution in [0.2, 0.25) is 0 Å². The number of halogens is 1. The van der Waals surface area contributed by atoms with Crippen LogP contribution < -0.4 is 4.72 Å². The Kier molecular flexibility index (Phi) is 5.54. The molecule has 112 valence electrons. The summed E-state index contributed by atoms with van der Waals surface area (Å²) in [5.74, 6) is 0.218. The van der Waals surface area contributed by atoms with Crippen molar-refractivity contribution in [3.8, 4) is 0 Å². The van der Waals surface area contributed by atoms with Gasteiger partial charge in [-0.05, 0) is 36.5 Å². The predicted octanol–water partition coefficient (Wildman–Crippen LogP) is 3.22. The average molecular weight is 299 g/mol. The maximum absolute atomic E-state index is 13.0. The Balaban J connectivity index is 1.73. The van der Waals surface area contributed by atoms with Crippen LogP contribution in [-0.4, -0.2) is 15.0 Å². The number of hydrogen-bond acceptors (Lipinski definition) is 2. The first-order valence-corrected chi connectivity index (χ1v) is 8.92. The number of benzene rings is 1. The van der Waals surface area contributed by atoms with E-state index < -0.39 is 15.8 Å². The van der Waals surface area contributed by atoms with Gasteiger partial charge in [-0.15, -0.1) is 0 Å². The molecule has 1 aliphatic rings. The van der Waals surface area contributed by atoms with Crippen molar-refractivity contribution in [3.63, 3.8) is 0 Å². The Morgan fingerprint density at radius 1 is 1.25 bits per heavy atom. The monoisotopic (exact) mass is 299 g/mol. The molecule has 1 aliphatic carbocycles. The molecule has 1 N–H and O–H groups in total. The fraction of sp³-hybridized carbons (Fsp3) is 0.600. The molecular formula is C15H22FNO2S. The van der Waals surface area contributed by atoms with Gasteiger partial charge in [0.15, 0.2) is 0 Å². The highest BCUT2D eigenvalue weighted by molar-refractivity contribution is 7.88. The van der Waals surface area contributed by atoms with Crippen molar-refractivity contribution in [3.05, 3.63) is 35.6 Å². The number of rotatable bonds is 7. The van der Waals surface area contributed by atoms with Gasteiger partial charge in [0.25, 0.3) is 0 Å². The number of nitrogens with one attached hydrogen (secondary N) is 1. The van der Waals surface area contributed by atoms with Crippen LogP contribution in [0, 0.1) is 11.7 Å². The molecule has 0 radical (unpaired) electrons. The molecule has 0 heterocycles. The molecule has 1 aromatic carbocycles. The Bertz CT molecular complexity index is 524. The van der Waals surface area contributed by atoms with E-state index in [-0.39, 0.29) is 5.75 Å². The van der Waals surface area contributed by atoms with Gasteiger partial charge in [0, 0.05) is 6.54 Å². The van der Waals surface area contributed by atoms with E-state index in [1.54, 1.807) is 6.07 Å². The first kappa shape index (κ1) is 15.4. The zero-order valence-electron chi connectivity index (χ0n) is 11.6. The standard InChI is InChI=1S/C15H22FNO2S/c16-15-9-3-7-14(11-15)12-20(18,19)17-10-4-8-13-5-1-2-6-13/h3,7,9,11,13,17H,1-2,4-6,8,10,12H2. The lowest BCUT2D eigenvalue weighted by atomic mass is 10.0. The summed E-state index contributed by atoms with van der Waals surface area (Å²) in [6.45, 7) is 0.480. The molecule has 2 rings (SSSR count). The lowest BCUT2D eigenvalue weighted by Crippen LogP contribution is -2.26. The third kappa shape index (κ3) is 5.21. The molecule has 0 amide bonds. The van der Waals surface area contributed by atoms with Crippen molar-refractivity contribution in [1.82, 2.24) is 4.72 Å². The fourth-order valence-corrected chi connectivity index (χ4v) is 3.99. The average Bonchev–Trinajstić information content (AvgIpc) is 2.87. The van der Waals surface area contributed by atoms with E-state index in [0.29, 0.717) is 12.1 Å². The zero-order valence-corrected chi connectivity index (χ0v) is 12.5. The highest BCUT2D eigenvalue weighted by Crippen LogP contribution is 2.28. The van der Waals surface area contributed by atoms with Crippen LogP contribution in [0.15, 0.2) is 24.3 Å². The molecule has 1 aromatic rings. The van der Waals surface area contributed by atoms with Crippen molar-refractivity contribution in [2.24, 2.45) is 5.92 Å². The van der Waals surface area contributed by atoms with Gasteiger partial charge < -0.3 is 0 Å². The van der Waals surface area contributed by atoms with Gasteiger partial charge in [0.2, 0.25) is 10.0 Å². The molecule has 0 aliphatic heterocycles. The molecular weight excluding hydrogens is 277 g/mol. The molecule has 0 saturated heterocycles. The van der Waals surface area contributed by atoms with E-state index in [4.69, 9.17) is 0 Å². The summed E-state index contributed by atoms with van der Waals surface area (Å²) in [7, 11) is -3.36. The van der Waals surface area contributed by atoms with Crippen LogP contribution in [0.25, 0.3) is 0 Å². The Hall–Kier alpha value is -0.940. The maximum Gasteiger partial charge on any atom is 0.215 e. The lowest BCUT2D eigenvalue weighted by Gasteiger charge is -2.10. The van der Waals surface area contributed by atoms with E-state index in [0.717, 1.165) is 18.8 Å².